The van der Waals surface area contributed by atoms with Crippen molar-refractivity contribution in [3.05, 3.63) is 40.9 Å². The first-order chi connectivity index (χ1) is 17.4. The van der Waals surface area contributed by atoms with Gasteiger partial charge >= 0.3 is 0 Å². The molecule has 0 aromatic heterocycles. The zero-order chi connectivity index (χ0) is 27.6. The van der Waals surface area contributed by atoms with Gasteiger partial charge in [-0.3, -0.25) is 24.0 Å². The van der Waals surface area contributed by atoms with E-state index in [2.05, 4.69) is 21.3 Å². The fourth-order valence-electron chi connectivity index (χ4n) is 3.53. The summed E-state index contributed by atoms with van der Waals surface area (Å²) >= 11 is 5.89. The Balaban J connectivity index is 2.13. The minimum atomic E-state index is -1.20. The molecule has 0 saturated heterocycles. The average molecular weight is 533 g/mol. The standard InChI is InChI=1S/C27H37ClN4O5/c1-5-29-22(33)15-13-20(24(35)26(37)30-19-11-12-19)32-25(36)21(16-27(2,3)4)31-23(34)14-8-17-6-9-18(28)10-7-17/h6-10,14,19-21H,5,11-13,15-16H2,1-4H3,(H,29,33)(H,30,37)(H,31,34)(H,32,36)/b14-8+/t20?,21-/m0/s1. The van der Waals surface area contributed by atoms with Gasteiger partial charge in [0.25, 0.3) is 5.91 Å². The topological polar surface area (TPSA) is 133 Å². The molecule has 10 heteroatoms. The van der Waals surface area contributed by atoms with Gasteiger partial charge in [-0.1, -0.05) is 44.5 Å². The van der Waals surface area contributed by atoms with Crippen LogP contribution in [0.2, 0.25) is 5.02 Å². The van der Waals surface area contributed by atoms with Gasteiger partial charge in [-0.15, -0.1) is 0 Å². The highest BCUT2D eigenvalue weighted by Gasteiger charge is 2.34. The van der Waals surface area contributed by atoms with E-state index in [0.717, 1.165) is 18.4 Å². The Bertz CT molecular complexity index is 1010. The van der Waals surface area contributed by atoms with Gasteiger partial charge in [0, 0.05) is 30.1 Å². The van der Waals surface area contributed by atoms with Crippen molar-refractivity contribution in [2.24, 2.45) is 5.41 Å². The molecule has 4 amide bonds. The maximum atomic E-state index is 13.3. The molecule has 0 spiro atoms. The Morgan fingerprint density at radius 2 is 1.68 bits per heavy atom. The quantitative estimate of drug-likeness (QED) is 0.229. The minimum Gasteiger partial charge on any atom is -0.356 e. The van der Waals surface area contributed by atoms with Crippen molar-refractivity contribution < 1.29 is 24.0 Å². The van der Waals surface area contributed by atoms with Crippen LogP contribution >= 0.6 is 11.6 Å². The maximum Gasteiger partial charge on any atom is 0.289 e. The van der Waals surface area contributed by atoms with E-state index in [1.165, 1.54) is 6.08 Å². The molecule has 0 radical (unpaired) electrons. The number of benzene rings is 1. The van der Waals surface area contributed by atoms with Crippen molar-refractivity contribution in [3.8, 4) is 0 Å². The molecule has 1 aliphatic carbocycles. The molecule has 1 aromatic carbocycles. The summed E-state index contributed by atoms with van der Waals surface area (Å²) < 4.78 is 0. The molecule has 2 rings (SSSR count). The van der Waals surface area contributed by atoms with Crippen molar-refractivity contribution in [3.63, 3.8) is 0 Å². The second-order valence-electron chi connectivity index (χ2n) is 10.4. The molecule has 1 unspecified atom stereocenters. The molecule has 0 aliphatic heterocycles. The lowest BCUT2D eigenvalue weighted by Gasteiger charge is -2.27. The second kappa shape index (κ2) is 13.9. The molecule has 9 nitrogen and oxygen atoms in total. The average Bonchev–Trinajstić information content (AvgIpc) is 3.63. The summed E-state index contributed by atoms with van der Waals surface area (Å²) in [6.07, 6.45) is 4.72. The summed E-state index contributed by atoms with van der Waals surface area (Å²) in [4.78, 5) is 63.1. The molecule has 4 N–H and O–H groups in total. The first-order valence-corrected chi connectivity index (χ1v) is 12.9. The van der Waals surface area contributed by atoms with Crippen LogP contribution < -0.4 is 21.3 Å². The lowest BCUT2D eigenvalue weighted by molar-refractivity contribution is -0.141. The van der Waals surface area contributed by atoms with Gasteiger partial charge in [0.2, 0.25) is 23.5 Å². The van der Waals surface area contributed by atoms with Gasteiger partial charge in [-0.2, -0.15) is 0 Å². The Hall–Kier alpha value is -3.20. The summed E-state index contributed by atoms with van der Waals surface area (Å²) in [5, 5.41) is 11.2. The second-order valence-corrected chi connectivity index (χ2v) is 10.8. The lowest BCUT2D eigenvalue weighted by Crippen LogP contribution is -2.54. The molecule has 202 valence electrons. The van der Waals surface area contributed by atoms with Crippen molar-refractivity contribution in [1.82, 2.24) is 21.3 Å². The normalized spacial score (nSPS) is 14.9. The smallest absolute Gasteiger partial charge is 0.289 e. The molecule has 0 heterocycles. The van der Waals surface area contributed by atoms with Crippen LogP contribution in [0.1, 0.15) is 65.4 Å². The first-order valence-electron chi connectivity index (χ1n) is 12.5. The zero-order valence-corrected chi connectivity index (χ0v) is 22.6. The van der Waals surface area contributed by atoms with Crippen molar-refractivity contribution in [2.45, 2.75) is 77.9 Å². The fraction of sp³-hybridized carbons (Fsp3) is 0.519. The summed E-state index contributed by atoms with van der Waals surface area (Å²) in [7, 11) is 0. The largest absolute Gasteiger partial charge is 0.356 e. The molecule has 37 heavy (non-hydrogen) atoms. The Labute approximate surface area is 223 Å². The number of hydrogen-bond acceptors (Lipinski definition) is 5. The van der Waals surface area contributed by atoms with E-state index in [1.807, 2.05) is 20.8 Å². The predicted molar refractivity (Wildman–Crippen MR) is 143 cm³/mol. The molecule has 0 bridgehead atoms. The molecule has 1 fully saturated rings. The number of carbonyl (C=O) groups is 5. The number of hydrogen-bond donors (Lipinski definition) is 4. The molecule has 2 atom stereocenters. The fourth-order valence-corrected chi connectivity index (χ4v) is 3.66. The third-order valence-electron chi connectivity index (χ3n) is 5.55. The lowest BCUT2D eigenvalue weighted by atomic mass is 9.87. The maximum absolute atomic E-state index is 13.3. The summed E-state index contributed by atoms with van der Waals surface area (Å²) in [6.45, 7) is 7.96. The van der Waals surface area contributed by atoms with E-state index in [9.17, 15) is 24.0 Å². The van der Waals surface area contributed by atoms with E-state index in [1.54, 1.807) is 37.3 Å². The first kappa shape index (κ1) is 30.0. The van der Waals surface area contributed by atoms with Gasteiger partial charge in [-0.05, 0) is 61.8 Å². The van der Waals surface area contributed by atoms with Gasteiger partial charge in [0.15, 0.2) is 0 Å². The van der Waals surface area contributed by atoms with E-state index in [-0.39, 0.29) is 36.6 Å². The van der Waals surface area contributed by atoms with Crippen LogP contribution in [0, 0.1) is 5.41 Å². The third-order valence-corrected chi connectivity index (χ3v) is 5.80. The van der Waals surface area contributed by atoms with E-state index < -0.39 is 35.6 Å². The predicted octanol–water partition coefficient (Wildman–Crippen LogP) is 2.52. The van der Waals surface area contributed by atoms with Crippen LogP contribution in [0.3, 0.4) is 0 Å². The van der Waals surface area contributed by atoms with E-state index >= 15 is 0 Å². The Morgan fingerprint density at radius 1 is 1.03 bits per heavy atom. The number of halogens is 1. The van der Waals surface area contributed by atoms with E-state index in [0.29, 0.717) is 11.6 Å². The Kier molecular flexibility index (Phi) is 11.3. The van der Waals surface area contributed by atoms with Crippen LogP contribution in [0.4, 0.5) is 0 Å². The Morgan fingerprint density at radius 3 is 2.24 bits per heavy atom. The SMILES string of the molecule is CCNC(=O)CCC(NC(=O)[C@H](CC(C)(C)C)NC(=O)/C=C/c1ccc(Cl)cc1)C(=O)C(=O)NC1CC1. The zero-order valence-electron chi connectivity index (χ0n) is 21.9. The minimum absolute atomic E-state index is 0.0310. The summed E-state index contributed by atoms with van der Waals surface area (Å²) in [6, 6.07) is 4.72. The highest BCUT2D eigenvalue weighted by molar-refractivity contribution is 6.38. The number of nitrogens with one attached hydrogen (secondary N) is 4. The van der Waals surface area contributed by atoms with Crippen LogP contribution in [0.15, 0.2) is 30.3 Å². The third kappa shape index (κ3) is 11.6. The van der Waals surface area contributed by atoms with Gasteiger partial charge in [0.1, 0.15) is 6.04 Å². The molecule has 1 aliphatic rings. The van der Waals surface area contributed by atoms with Crippen molar-refractivity contribution in [2.75, 3.05) is 6.54 Å². The van der Waals surface area contributed by atoms with Crippen LogP contribution in [0.25, 0.3) is 6.08 Å². The van der Waals surface area contributed by atoms with Crippen LogP contribution in [-0.2, 0) is 24.0 Å². The number of Topliss-reactive ketones (excluding diaryl/α,β-unsaturated/α-hetero) is 1. The van der Waals surface area contributed by atoms with Gasteiger partial charge < -0.3 is 21.3 Å². The highest BCUT2D eigenvalue weighted by atomic mass is 35.5. The highest BCUT2D eigenvalue weighted by Crippen LogP contribution is 2.22. The number of carbonyl (C=O) groups excluding carboxylic acids is 5. The summed E-state index contributed by atoms with van der Waals surface area (Å²) in [5.41, 5.74) is 0.424. The van der Waals surface area contributed by atoms with Crippen LogP contribution in [-0.4, -0.2) is 54.1 Å². The molecule has 1 aromatic rings. The van der Waals surface area contributed by atoms with Crippen LogP contribution in [0.5, 0.6) is 0 Å². The van der Waals surface area contributed by atoms with Gasteiger partial charge in [-0.25, -0.2) is 0 Å². The van der Waals surface area contributed by atoms with Crippen molar-refractivity contribution in [1.29, 1.82) is 0 Å². The molecule has 1 saturated carbocycles. The molecular formula is C27H37ClN4O5. The number of amides is 4. The summed E-state index contributed by atoms with van der Waals surface area (Å²) in [5.74, 6) is -2.98. The monoisotopic (exact) mass is 532 g/mol. The van der Waals surface area contributed by atoms with Gasteiger partial charge in [0.05, 0.1) is 6.04 Å². The van der Waals surface area contributed by atoms with Crippen molar-refractivity contribution >= 4 is 47.1 Å². The number of rotatable bonds is 13. The number of ketones is 1. The van der Waals surface area contributed by atoms with E-state index in [4.69, 9.17) is 11.6 Å². The molecular weight excluding hydrogens is 496 g/mol.